The molecule has 0 fully saturated rings. The zero-order valence-corrected chi connectivity index (χ0v) is 22.8. The molecule has 7 rings (SSSR count). The number of thiophene rings is 1. The van der Waals surface area contributed by atoms with E-state index in [2.05, 4.69) is 169 Å². The van der Waals surface area contributed by atoms with Crippen LogP contribution in [0.15, 0.2) is 164 Å². The number of benzene rings is 6. The Balaban J connectivity index is 1.34. The fraction of sp³-hybridized carbons (Fsp3) is 0. The summed E-state index contributed by atoms with van der Waals surface area (Å²) in [5.41, 5.74) is 9.45. The molecular formula is C38H27NS. The number of hydrogen-bond acceptors (Lipinski definition) is 2. The van der Waals surface area contributed by atoms with Crippen LogP contribution in [0.4, 0.5) is 17.1 Å². The normalized spacial score (nSPS) is 11.0. The Morgan fingerprint density at radius 3 is 1.55 bits per heavy atom. The van der Waals surface area contributed by atoms with Gasteiger partial charge in [0.05, 0.1) is 0 Å². The van der Waals surface area contributed by atoms with Gasteiger partial charge in [-0.15, -0.1) is 11.3 Å². The molecule has 0 saturated carbocycles. The zero-order valence-electron chi connectivity index (χ0n) is 21.9. The summed E-state index contributed by atoms with van der Waals surface area (Å²) < 4.78 is 1.31. The summed E-state index contributed by atoms with van der Waals surface area (Å²) in [6.45, 7) is 0. The van der Waals surface area contributed by atoms with Crippen molar-refractivity contribution in [2.24, 2.45) is 0 Å². The van der Waals surface area contributed by atoms with Crippen LogP contribution in [-0.4, -0.2) is 0 Å². The van der Waals surface area contributed by atoms with Crippen LogP contribution in [0.5, 0.6) is 0 Å². The molecule has 0 bridgehead atoms. The van der Waals surface area contributed by atoms with Crippen LogP contribution in [0.3, 0.4) is 0 Å². The van der Waals surface area contributed by atoms with Gasteiger partial charge >= 0.3 is 0 Å². The van der Waals surface area contributed by atoms with Crippen LogP contribution in [0.2, 0.25) is 0 Å². The standard InChI is InChI=1S/C38H27NS/c1-3-11-28(12-4-1)30-21-23-34(24-22-30)39(35-18-9-16-31(25-35)29-13-5-2-6-14-29)36-19-10-17-32(26-36)38-27-33-15-7-8-20-37(33)40-38/h1-27H. The highest BCUT2D eigenvalue weighted by Gasteiger charge is 2.15. The average molecular weight is 530 g/mol. The van der Waals surface area contributed by atoms with E-state index < -0.39 is 0 Å². The maximum Gasteiger partial charge on any atom is 0.0468 e. The van der Waals surface area contributed by atoms with Gasteiger partial charge in [-0.05, 0) is 81.7 Å². The van der Waals surface area contributed by atoms with Crippen molar-refractivity contribution in [1.82, 2.24) is 0 Å². The van der Waals surface area contributed by atoms with Gasteiger partial charge in [0.15, 0.2) is 0 Å². The second kappa shape index (κ2) is 10.7. The lowest BCUT2D eigenvalue weighted by molar-refractivity contribution is 1.28. The van der Waals surface area contributed by atoms with Crippen molar-refractivity contribution < 1.29 is 0 Å². The number of hydrogen-bond donors (Lipinski definition) is 0. The van der Waals surface area contributed by atoms with E-state index in [1.54, 1.807) is 0 Å². The second-order valence-corrected chi connectivity index (χ2v) is 10.9. The topological polar surface area (TPSA) is 3.24 Å². The molecule has 6 aromatic carbocycles. The van der Waals surface area contributed by atoms with E-state index >= 15 is 0 Å². The predicted octanol–water partition coefficient (Wildman–Crippen LogP) is 11.4. The summed E-state index contributed by atoms with van der Waals surface area (Å²) in [6, 6.07) is 58.6. The van der Waals surface area contributed by atoms with E-state index in [1.165, 1.54) is 42.8 Å². The minimum absolute atomic E-state index is 1.12. The lowest BCUT2D eigenvalue weighted by Gasteiger charge is -2.26. The summed E-state index contributed by atoms with van der Waals surface area (Å²) in [4.78, 5) is 3.64. The van der Waals surface area contributed by atoms with Crippen LogP contribution in [0.1, 0.15) is 0 Å². The summed E-state index contributed by atoms with van der Waals surface area (Å²) in [6.07, 6.45) is 0. The molecule has 0 N–H and O–H groups in total. The highest BCUT2D eigenvalue weighted by Crippen LogP contribution is 2.40. The molecule has 2 heteroatoms. The van der Waals surface area contributed by atoms with Crippen molar-refractivity contribution in [3.63, 3.8) is 0 Å². The van der Waals surface area contributed by atoms with Crippen molar-refractivity contribution >= 4 is 38.5 Å². The predicted molar refractivity (Wildman–Crippen MR) is 173 cm³/mol. The Hall–Kier alpha value is -4.92. The molecule has 0 atom stereocenters. The third-order valence-corrected chi connectivity index (χ3v) is 8.42. The van der Waals surface area contributed by atoms with Crippen LogP contribution in [-0.2, 0) is 0 Å². The third-order valence-electron chi connectivity index (χ3n) is 7.26. The lowest BCUT2D eigenvalue weighted by Crippen LogP contribution is -2.10. The largest absolute Gasteiger partial charge is 0.310 e. The van der Waals surface area contributed by atoms with Crippen LogP contribution < -0.4 is 4.90 Å². The number of anilines is 3. The molecule has 0 aliphatic heterocycles. The summed E-state index contributed by atoms with van der Waals surface area (Å²) >= 11 is 1.84. The van der Waals surface area contributed by atoms with Gasteiger partial charge in [0, 0.05) is 26.6 Å². The third kappa shape index (κ3) is 4.82. The van der Waals surface area contributed by atoms with E-state index in [-0.39, 0.29) is 0 Å². The Kier molecular flexibility index (Phi) is 6.45. The van der Waals surface area contributed by atoms with Gasteiger partial charge in [-0.3, -0.25) is 0 Å². The molecule has 0 radical (unpaired) electrons. The van der Waals surface area contributed by atoms with Crippen molar-refractivity contribution in [3.05, 3.63) is 164 Å². The highest BCUT2D eigenvalue weighted by molar-refractivity contribution is 7.22. The molecule has 1 heterocycles. The molecule has 0 saturated heterocycles. The zero-order chi connectivity index (χ0) is 26.7. The first-order valence-corrected chi connectivity index (χ1v) is 14.3. The molecule has 0 amide bonds. The molecule has 0 unspecified atom stereocenters. The quantitative estimate of drug-likeness (QED) is 0.207. The minimum Gasteiger partial charge on any atom is -0.310 e. The molecule has 0 aliphatic carbocycles. The fourth-order valence-corrected chi connectivity index (χ4v) is 6.32. The number of rotatable bonds is 6. The molecule has 1 aromatic heterocycles. The van der Waals surface area contributed by atoms with E-state index in [0.29, 0.717) is 0 Å². The van der Waals surface area contributed by atoms with Gasteiger partial charge in [-0.1, -0.05) is 115 Å². The fourth-order valence-electron chi connectivity index (χ4n) is 5.26. The Bertz CT molecular complexity index is 1850. The summed E-state index contributed by atoms with van der Waals surface area (Å²) in [5.74, 6) is 0. The smallest absolute Gasteiger partial charge is 0.0468 e. The number of fused-ring (bicyclic) bond motifs is 1. The molecule has 0 spiro atoms. The molecule has 7 aromatic rings. The molecule has 190 valence electrons. The van der Waals surface area contributed by atoms with E-state index in [9.17, 15) is 0 Å². The first-order chi connectivity index (χ1) is 19.8. The van der Waals surface area contributed by atoms with Crippen molar-refractivity contribution in [2.75, 3.05) is 4.90 Å². The van der Waals surface area contributed by atoms with Gasteiger partial charge in [0.1, 0.15) is 0 Å². The lowest BCUT2D eigenvalue weighted by atomic mass is 10.0. The van der Waals surface area contributed by atoms with Crippen molar-refractivity contribution in [1.29, 1.82) is 0 Å². The second-order valence-electron chi connectivity index (χ2n) is 9.86. The minimum atomic E-state index is 1.12. The van der Waals surface area contributed by atoms with Gasteiger partial charge in [0.25, 0.3) is 0 Å². The Labute approximate surface area is 239 Å². The van der Waals surface area contributed by atoms with Crippen molar-refractivity contribution in [3.8, 4) is 32.7 Å². The van der Waals surface area contributed by atoms with E-state index in [4.69, 9.17) is 0 Å². The van der Waals surface area contributed by atoms with Crippen LogP contribution in [0, 0.1) is 0 Å². The Morgan fingerprint density at radius 1 is 0.350 bits per heavy atom. The molecule has 1 nitrogen and oxygen atoms in total. The van der Waals surface area contributed by atoms with Gasteiger partial charge < -0.3 is 4.90 Å². The summed E-state index contributed by atoms with van der Waals surface area (Å²) in [5, 5.41) is 1.29. The monoisotopic (exact) mass is 529 g/mol. The summed E-state index contributed by atoms with van der Waals surface area (Å²) in [7, 11) is 0. The van der Waals surface area contributed by atoms with Gasteiger partial charge in [-0.25, -0.2) is 0 Å². The maximum atomic E-state index is 2.36. The maximum absolute atomic E-state index is 2.36. The van der Waals surface area contributed by atoms with Gasteiger partial charge in [0.2, 0.25) is 0 Å². The van der Waals surface area contributed by atoms with Crippen molar-refractivity contribution in [2.45, 2.75) is 0 Å². The molecular weight excluding hydrogens is 502 g/mol. The average Bonchev–Trinajstić information content (AvgIpc) is 3.48. The van der Waals surface area contributed by atoms with Gasteiger partial charge in [-0.2, -0.15) is 0 Å². The SMILES string of the molecule is c1ccc(-c2ccc(N(c3cccc(-c4ccccc4)c3)c3cccc(-c4cc5ccccc5s4)c3)cc2)cc1. The van der Waals surface area contributed by atoms with E-state index in [0.717, 1.165) is 17.1 Å². The van der Waals surface area contributed by atoms with Crippen LogP contribution in [0.25, 0.3) is 42.8 Å². The molecule has 0 aliphatic rings. The molecule has 40 heavy (non-hydrogen) atoms. The highest BCUT2D eigenvalue weighted by atomic mass is 32.1. The first-order valence-electron chi connectivity index (χ1n) is 13.5. The van der Waals surface area contributed by atoms with Crippen LogP contribution >= 0.6 is 11.3 Å². The number of nitrogens with zero attached hydrogens (tertiary/aromatic N) is 1. The van der Waals surface area contributed by atoms with E-state index in [1.807, 2.05) is 11.3 Å². The first kappa shape index (κ1) is 24.1. The Morgan fingerprint density at radius 2 is 0.875 bits per heavy atom.